The molecule has 0 radical (unpaired) electrons. The van der Waals surface area contributed by atoms with E-state index in [2.05, 4.69) is 43.4 Å². The summed E-state index contributed by atoms with van der Waals surface area (Å²) in [6.45, 7) is 4.40. The Morgan fingerprint density at radius 2 is 2.07 bits per heavy atom. The van der Waals surface area contributed by atoms with Crippen LogP contribution in [0.4, 0.5) is 0 Å². The SMILES string of the molecule is CN=C(NCC(=O)NC1CCCCC1)NCC(c1cccs1)N1CCOCC1. The van der Waals surface area contributed by atoms with E-state index in [9.17, 15) is 4.79 Å². The Kier molecular flexibility index (Phi) is 8.57. The van der Waals surface area contributed by atoms with Crippen molar-refractivity contribution < 1.29 is 9.53 Å². The second-order valence-corrected chi connectivity index (χ2v) is 8.37. The van der Waals surface area contributed by atoms with Crippen LogP contribution < -0.4 is 16.0 Å². The van der Waals surface area contributed by atoms with Gasteiger partial charge in [0.05, 0.1) is 25.8 Å². The highest BCUT2D eigenvalue weighted by molar-refractivity contribution is 7.10. The fourth-order valence-corrected chi connectivity index (χ4v) is 4.74. The van der Waals surface area contributed by atoms with Crippen LogP contribution in [0.3, 0.4) is 0 Å². The number of nitrogens with one attached hydrogen (secondary N) is 3. The number of ether oxygens (including phenoxy) is 1. The van der Waals surface area contributed by atoms with Gasteiger partial charge in [0, 0.05) is 37.6 Å². The first kappa shape index (κ1) is 21.1. The number of rotatable bonds is 7. The monoisotopic (exact) mass is 407 g/mol. The molecule has 1 unspecified atom stereocenters. The highest BCUT2D eigenvalue weighted by Gasteiger charge is 2.23. The molecule has 1 aliphatic heterocycles. The number of aliphatic imine (C=N–C) groups is 1. The van der Waals surface area contributed by atoms with E-state index in [-0.39, 0.29) is 18.5 Å². The van der Waals surface area contributed by atoms with Gasteiger partial charge in [-0.05, 0) is 24.3 Å². The zero-order valence-corrected chi connectivity index (χ0v) is 17.6. The Morgan fingerprint density at radius 1 is 1.29 bits per heavy atom. The minimum Gasteiger partial charge on any atom is -0.379 e. The van der Waals surface area contributed by atoms with E-state index in [1.54, 1.807) is 18.4 Å². The smallest absolute Gasteiger partial charge is 0.239 e. The van der Waals surface area contributed by atoms with Gasteiger partial charge in [0.25, 0.3) is 0 Å². The van der Waals surface area contributed by atoms with Gasteiger partial charge in [-0.2, -0.15) is 0 Å². The number of hydrogen-bond acceptors (Lipinski definition) is 5. The van der Waals surface area contributed by atoms with Crippen molar-refractivity contribution in [1.82, 2.24) is 20.9 Å². The lowest BCUT2D eigenvalue weighted by Crippen LogP contribution is -2.48. The van der Waals surface area contributed by atoms with Gasteiger partial charge in [-0.25, -0.2) is 0 Å². The van der Waals surface area contributed by atoms with Crippen LogP contribution in [0, 0.1) is 0 Å². The molecule has 1 saturated heterocycles. The summed E-state index contributed by atoms with van der Waals surface area (Å²) in [6.07, 6.45) is 5.91. The molecule has 0 spiro atoms. The Balaban J connectivity index is 1.46. The summed E-state index contributed by atoms with van der Waals surface area (Å²) >= 11 is 1.77. The third kappa shape index (κ3) is 6.46. The minimum absolute atomic E-state index is 0.0397. The van der Waals surface area contributed by atoms with E-state index in [0.717, 1.165) is 45.7 Å². The average Bonchev–Trinajstić information content (AvgIpc) is 3.26. The van der Waals surface area contributed by atoms with Crippen molar-refractivity contribution in [1.29, 1.82) is 0 Å². The molecule has 1 aliphatic carbocycles. The van der Waals surface area contributed by atoms with Crippen molar-refractivity contribution in [2.75, 3.05) is 46.4 Å². The van der Waals surface area contributed by atoms with Gasteiger partial charge in [-0.1, -0.05) is 25.3 Å². The van der Waals surface area contributed by atoms with Gasteiger partial charge >= 0.3 is 0 Å². The fraction of sp³-hybridized carbons (Fsp3) is 0.700. The van der Waals surface area contributed by atoms with Gasteiger partial charge in [0.15, 0.2) is 5.96 Å². The maximum absolute atomic E-state index is 12.2. The third-order valence-electron chi connectivity index (χ3n) is 5.43. The Labute approximate surface area is 171 Å². The first-order valence-electron chi connectivity index (χ1n) is 10.4. The predicted octanol–water partition coefficient (Wildman–Crippen LogP) is 1.74. The molecule has 28 heavy (non-hydrogen) atoms. The van der Waals surface area contributed by atoms with Crippen LogP contribution in [0.2, 0.25) is 0 Å². The number of nitrogens with zero attached hydrogens (tertiary/aromatic N) is 2. The normalized spacial score (nSPS) is 20.5. The maximum Gasteiger partial charge on any atom is 0.239 e. The van der Waals surface area contributed by atoms with Gasteiger partial charge in [-0.15, -0.1) is 11.3 Å². The summed E-state index contributed by atoms with van der Waals surface area (Å²) in [5.41, 5.74) is 0. The first-order chi connectivity index (χ1) is 13.8. The highest BCUT2D eigenvalue weighted by Crippen LogP contribution is 2.25. The zero-order valence-electron chi connectivity index (χ0n) is 16.8. The molecule has 3 rings (SSSR count). The molecule has 2 aliphatic rings. The number of carbonyl (C=O) groups is 1. The van der Waals surface area contributed by atoms with Gasteiger partial charge in [0.2, 0.25) is 5.91 Å². The number of hydrogen-bond donors (Lipinski definition) is 3. The lowest BCUT2D eigenvalue weighted by molar-refractivity contribution is -0.120. The van der Waals surface area contributed by atoms with Crippen LogP contribution in [0.5, 0.6) is 0 Å². The molecule has 1 aromatic heterocycles. The van der Waals surface area contributed by atoms with Crippen molar-refractivity contribution in [2.45, 2.75) is 44.2 Å². The molecule has 156 valence electrons. The second-order valence-electron chi connectivity index (χ2n) is 7.39. The summed E-state index contributed by atoms with van der Waals surface area (Å²) < 4.78 is 5.50. The van der Waals surface area contributed by atoms with Crippen LogP contribution in [-0.4, -0.2) is 69.2 Å². The molecule has 1 atom stereocenters. The zero-order chi connectivity index (χ0) is 19.6. The number of thiophene rings is 1. The van der Waals surface area contributed by atoms with E-state index >= 15 is 0 Å². The summed E-state index contributed by atoms with van der Waals surface area (Å²) in [5.74, 6) is 0.700. The maximum atomic E-state index is 12.2. The van der Waals surface area contributed by atoms with Crippen LogP contribution in [0.25, 0.3) is 0 Å². The molecule has 2 fully saturated rings. The van der Waals surface area contributed by atoms with E-state index in [1.807, 2.05) is 0 Å². The van der Waals surface area contributed by atoms with Crippen molar-refractivity contribution in [3.05, 3.63) is 22.4 Å². The average molecular weight is 408 g/mol. The Morgan fingerprint density at radius 3 is 2.75 bits per heavy atom. The largest absolute Gasteiger partial charge is 0.379 e. The molecule has 3 N–H and O–H groups in total. The van der Waals surface area contributed by atoms with Crippen molar-refractivity contribution >= 4 is 23.2 Å². The van der Waals surface area contributed by atoms with Gasteiger partial charge in [-0.3, -0.25) is 14.7 Å². The van der Waals surface area contributed by atoms with E-state index in [4.69, 9.17) is 4.74 Å². The van der Waals surface area contributed by atoms with E-state index in [1.165, 1.54) is 24.1 Å². The minimum atomic E-state index is 0.0397. The topological polar surface area (TPSA) is 78.0 Å². The molecule has 1 aromatic rings. The molecule has 2 heterocycles. The predicted molar refractivity (Wildman–Crippen MR) is 114 cm³/mol. The molecule has 0 bridgehead atoms. The molecule has 8 heteroatoms. The third-order valence-corrected chi connectivity index (χ3v) is 6.40. The highest BCUT2D eigenvalue weighted by atomic mass is 32.1. The summed E-state index contributed by atoms with van der Waals surface area (Å²) in [4.78, 5) is 20.3. The van der Waals surface area contributed by atoms with E-state index < -0.39 is 0 Å². The number of amides is 1. The summed E-state index contributed by atoms with van der Waals surface area (Å²) in [6, 6.07) is 4.89. The molecular weight excluding hydrogens is 374 g/mol. The lowest BCUT2D eigenvalue weighted by atomic mass is 9.95. The number of morpholine rings is 1. The first-order valence-corrected chi connectivity index (χ1v) is 11.2. The molecule has 7 nitrogen and oxygen atoms in total. The van der Waals surface area contributed by atoms with Crippen LogP contribution in [0.1, 0.15) is 43.0 Å². The molecule has 1 saturated carbocycles. The number of guanidine groups is 1. The van der Waals surface area contributed by atoms with E-state index in [0.29, 0.717) is 12.0 Å². The summed E-state index contributed by atoms with van der Waals surface area (Å²) in [7, 11) is 1.74. The van der Waals surface area contributed by atoms with Gasteiger partial charge < -0.3 is 20.7 Å². The van der Waals surface area contributed by atoms with Crippen LogP contribution in [-0.2, 0) is 9.53 Å². The Hall–Kier alpha value is -1.64. The van der Waals surface area contributed by atoms with Crippen molar-refractivity contribution in [3.63, 3.8) is 0 Å². The van der Waals surface area contributed by atoms with Crippen LogP contribution >= 0.6 is 11.3 Å². The number of carbonyl (C=O) groups excluding carboxylic acids is 1. The Bertz CT molecular complexity index is 610. The molecular formula is C20H33N5O2S. The second kappa shape index (κ2) is 11.4. The molecule has 1 amide bonds. The van der Waals surface area contributed by atoms with Crippen molar-refractivity contribution in [2.24, 2.45) is 4.99 Å². The lowest BCUT2D eigenvalue weighted by Gasteiger charge is -2.34. The standard InChI is InChI=1S/C20H33N5O2S/c1-21-20(23-15-19(26)24-16-6-3-2-4-7-16)22-14-17(18-8-5-13-28-18)25-9-11-27-12-10-25/h5,8,13,16-17H,2-4,6-7,9-12,14-15H2,1H3,(H,24,26)(H2,21,22,23). The van der Waals surface area contributed by atoms with Crippen LogP contribution in [0.15, 0.2) is 22.5 Å². The van der Waals surface area contributed by atoms with Gasteiger partial charge in [0.1, 0.15) is 0 Å². The summed E-state index contributed by atoms with van der Waals surface area (Å²) in [5, 5.41) is 11.8. The molecule has 0 aromatic carbocycles. The fourth-order valence-electron chi connectivity index (χ4n) is 3.88. The quantitative estimate of drug-likeness (QED) is 0.474. The van der Waals surface area contributed by atoms with Crippen molar-refractivity contribution in [3.8, 4) is 0 Å².